The topological polar surface area (TPSA) is 8.17 Å². The number of hydrogen-bond donors (Lipinski definition) is 0. The van der Waals surface area contributed by atoms with E-state index < -0.39 is 5.41 Å². The third-order valence-electron chi connectivity index (χ3n) is 17.0. The highest BCUT2D eigenvalue weighted by atomic mass is 15.1. The van der Waals surface area contributed by atoms with Crippen molar-refractivity contribution >= 4 is 44.4 Å². The summed E-state index contributed by atoms with van der Waals surface area (Å²) in [6.45, 7) is 9.60. The first-order valence-electron chi connectivity index (χ1n) is 25.8. The molecule has 0 bridgehead atoms. The van der Waals surface area contributed by atoms with Crippen molar-refractivity contribution < 1.29 is 0 Å². The fourth-order valence-corrected chi connectivity index (χ4v) is 13.8. The smallest absolute Gasteiger partial charge is 0.0723 e. The van der Waals surface area contributed by atoms with Crippen molar-refractivity contribution in [2.75, 3.05) is 4.90 Å². The number of nitrogens with zero attached hydrogens (tertiary/aromatic N) is 2. The van der Waals surface area contributed by atoms with Crippen LogP contribution >= 0.6 is 0 Å². The molecule has 0 radical (unpaired) electrons. The third-order valence-corrected chi connectivity index (χ3v) is 17.0. The number of para-hydroxylation sites is 2. The molecule has 0 N–H and O–H groups in total. The van der Waals surface area contributed by atoms with Gasteiger partial charge in [0.2, 0.25) is 0 Å². The Kier molecular flexibility index (Phi) is 8.72. The molecule has 73 heavy (non-hydrogen) atoms. The highest BCUT2D eigenvalue weighted by Crippen LogP contribution is 2.68. The Morgan fingerprint density at radius 1 is 0.384 bits per heavy atom. The predicted molar refractivity (Wildman–Crippen MR) is 306 cm³/mol. The average molecular weight is 933 g/mol. The van der Waals surface area contributed by atoms with Crippen LogP contribution in [0.4, 0.5) is 17.1 Å². The molecule has 0 saturated heterocycles. The van der Waals surface area contributed by atoms with Gasteiger partial charge in [-0.2, -0.15) is 0 Å². The van der Waals surface area contributed by atoms with E-state index in [0.717, 1.165) is 11.4 Å². The van der Waals surface area contributed by atoms with Gasteiger partial charge < -0.3 is 9.47 Å². The maximum atomic E-state index is 2.60. The van der Waals surface area contributed by atoms with Gasteiger partial charge >= 0.3 is 0 Å². The van der Waals surface area contributed by atoms with Crippen LogP contribution in [0.2, 0.25) is 0 Å². The first-order chi connectivity index (χ1) is 35.7. The molecule has 2 nitrogen and oxygen atoms in total. The van der Waals surface area contributed by atoms with Crippen LogP contribution in [0.15, 0.2) is 248 Å². The number of allylic oxidation sites excluding steroid dienone is 4. The molecule has 1 unspecified atom stereocenters. The molecule has 10 aromatic carbocycles. The lowest BCUT2D eigenvalue weighted by molar-refractivity contribution is 0.659. The van der Waals surface area contributed by atoms with E-state index in [1.165, 1.54) is 122 Å². The average Bonchev–Trinajstić information content (AvgIpc) is 4.19. The molecule has 1 aromatic heterocycles. The standard InChI is InChI=1S/C71H52N2/c1-69(2)41-40-60-68(69)55-27-12-16-29-58(55)71(60)57-28-15-11-26-54(57)67-59(71)30-19-33-66(67)73(65-39-34-47(45-20-7-5-8-21-45)42-56(65)46-22-9-6-10-23-46)49-36-38-51-50-37-35-48(43-61(50)70(3,4)62(51)44-49)72-63-31-17-13-24-52(63)53-25-14-18-32-64(53)72/h5-44H,1-4H3. The normalized spacial score (nSPS) is 16.9. The van der Waals surface area contributed by atoms with Gasteiger partial charge in [0.05, 0.1) is 27.8 Å². The first kappa shape index (κ1) is 42.0. The second kappa shape index (κ2) is 15.2. The molecule has 2 heteroatoms. The number of anilines is 3. The van der Waals surface area contributed by atoms with Crippen molar-refractivity contribution in [2.45, 2.75) is 38.5 Å². The lowest BCUT2D eigenvalue weighted by Gasteiger charge is -2.33. The number of hydrogen-bond acceptors (Lipinski definition) is 1. The molecule has 15 rings (SSSR count). The molecule has 0 aliphatic heterocycles. The summed E-state index contributed by atoms with van der Waals surface area (Å²) in [4.78, 5) is 2.60. The molecular formula is C71H52N2. The summed E-state index contributed by atoms with van der Waals surface area (Å²) < 4.78 is 2.45. The van der Waals surface area contributed by atoms with Crippen LogP contribution in [0.3, 0.4) is 0 Å². The van der Waals surface area contributed by atoms with Crippen LogP contribution in [0.5, 0.6) is 0 Å². The highest BCUT2D eigenvalue weighted by Gasteiger charge is 2.56. The minimum absolute atomic E-state index is 0.0968. The Balaban J connectivity index is 0.977. The molecule has 1 heterocycles. The Bertz CT molecular complexity index is 4150. The summed E-state index contributed by atoms with van der Waals surface area (Å²) in [5.74, 6) is 0. The SMILES string of the molecule is CC1(C)C=CC2=C1c1ccccc1C21c2ccccc2-c2c(N(c3ccc4c(c3)C(C)(C)c3cc(-n5c6ccccc6c6ccccc65)ccc3-4)c3ccc(-c4ccccc4)cc3-c3ccccc3)cccc21. The van der Waals surface area contributed by atoms with E-state index in [1.54, 1.807) is 0 Å². The lowest BCUT2D eigenvalue weighted by Crippen LogP contribution is -2.26. The summed E-state index contributed by atoms with van der Waals surface area (Å²) in [7, 11) is 0. The van der Waals surface area contributed by atoms with E-state index in [1.807, 2.05) is 0 Å². The van der Waals surface area contributed by atoms with E-state index in [9.17, 15) is 0 Å². The van der Waals surface area contributed by atoms with Crippen molar-refractivity contribution in [1.82, 2.24) is 4.57 Å². The van der Waals surface area contributed by atoms with Gasteiger partial charge in [0, 0.05) is 44.1 Å². The fourth-order valence-electron chi connectivity index (χ4n) is 13.8. The molecule has 1 atom stereocenters. The summed E-state index contributed by atoms with van der Waals surface area (Å²) in [5, 5.41) is 2.55. The Morgan fingerprint density at radius 3 is 1.70 bits per heavy atom. The number of fused-ring (bicyclic) bond motifs is 15. The number of rotatable bonds is 6. The van der Waals surface area contributed by atoms with Crippen molar-refractivity contribution in [3.05, 3.63) is 282 Å². The predicted octanol–water partition coefficient (Wildman–Crippen LogP) is 18.6. The van der Waals surface area contributed by atoms with Crippen LogP contribution in [0, 0.1) is 5.41 Å². The fraction of sp³-hybridized carbons (Fsp3) is 0.0986. The molecule has 4 aliphatic carbocycles. The van der Waals surface area contributed by atoms with Crippen LogP contribution in [0.1, 0.15) is 61.1 Å². The minimum Gasteiger partial charge on any atom is -0.309 e. The van der Waals surface area contributed by atoms with Crippen molar-refractivity contribution in [3.63, 3.8) is 0 Å². The first-order valence-corrected chi connectivity index (χ1v) is 25.8. The van der Waals surface area contributed by atoms with E-state index in [0.29, 0.717) is 0 Å². The van der Waals surface area contributed by atoms with E-state index in [2.05, 4.69) is 280 Å². The Hall–Kier alpha value is -8.72. The molecule has 1 spiro atoms. The van der Waals surface area contributed by atoms with Gasteiger partial charge in [0.1, 0.15) is 0 Å². The van der Waals surface area contributed by atoms with Crippen molar-refractivity contribution in [3.8, 4) is 50.2 Å². The summed E-state index contributed by atoms with van der Waals surface area (Å²) in [6, 6.07) is 86.6. The van der Waals surface area contributed by atoms with Crippen molar-refractivity contribution in [2.24, 2.45) is 5.41 Å². The van der Waals surface area contributed by atoms with E-state index >= 15 is 0 Å². The van der Waals surface area contributed by atoms with Crippen LogP contribution in [-0.2, 0) is 10.8 Å². The van der Waals surface area contributed by atoms with Gasteiger partial charge in [-0.15, -0.1) is 0 Å². The molecule has 0 saturated carbocycles. The van der Waals surface area contributed by atoms with Gasteiger partial charge in [-0.3, -0.25) is 0 Å². The number of aromatic nitrogens is 1. The molecule has 0 amide bonds. The van der Waals surface area contributed by atoms with Crippen LogP contribution < -0.4 is 4.90 Å². The molecule has 346 valence electrons. The summed E-state index contributed by atoms with van der Waals surface area (Å²) in [5.41, 5.74) is 27.1. The third kappa shape index (κ3) is 5.69. The van der Waals surface area contributed by atoms with Gasteiger partial charge in [-0.25, -0.2) is 0 Å². The quantitative estimate of drug-likeness (QED) is 0.161. The molecular weight excluding hydrogens is 881 g/mol. The van der Waals surface area contributed by atoms with Gasteiger partial charge in [-0.1, -0.05) is 216 Å². The van der Waals surface area contributed by atoms with Crippen LogP contribution in [0.25, 0.3) is 77.6 Å². The zero-order chi connectivity index (χ0) is 48.8. The molecule has 11 aromatic rings. The van der Waals surface area contributed by atoms with Crippen molar-refractivity contribution in [1.29, 1.82) is 0 Å². The van der Waals surface area contributed by atoms with Gasteiger partial charge in [0.25, 0.3) is 0 Å². The summed E-state index contributed by atoms with van der Waals surface area (Å²) in [6.07, 6.45) is 4.89. The monoisotopic (exact) mass is 932 g/mol. The maximum absolute atomic E-state index is 2.60. The highest BCUT2D eigenvalue weighted by molar-refractivity contribution is 6.10. The number of benzene rings is 10. The second-order valence-electron chi connectivity index (χ2n) is 21.6. The molecule has 4 aliphatic rings. The second-order valence-corrected chi connectivity index (χ2v) is 21.6. The van der Waals surface area contributed by atoms with Gasteiger partial charge in [-0.05, 0) is 133 Å². The molecule has 0 fully saturated rings. The van der Waals surface area contributed by atoms with E-state index in [4.69, 9.17) is 0 Å². The Morgan fingerprint density at radius 2 is 0.973 bits per heavy atom. The Labute approximate surface area is 427 Å². The van der Waals surface area contributed by atoms with Crippen LogP contribution in [-0.4, -0.2) is 4.57 Å². The summed E-state index contributed by atoms with van der Waals surface area (Å²) >= 11 is 0. The maximum Gasteiger partial charge on any atom is 0.0723 e. The minimum atomic E-state index is -0.459. The lowest BCUT2D eigenvalue weighted by atomic mass is 9.70. The van der Waals surface area contributed by atoms with E-state index in [-0.39, 0.29) is 10.8 Å². The largest absolute Gasteiger partial charge is 0.309 e. The zero-order valence-electron chi connectivity index (χ0n) is 41.5. The van der Waals surface area contributed by atoms with Gasteiger partial charge in [0.15, 0.2) is 0 Å². The zero-order valence-corrected chi connectivity index (χ0v) is 41.5.